The Kier molecular flexibility index (Phi) is 10.9. The lowest BCUT2D eigenvalue weighted by Crippen LogP contribution is -2.35. The first kappa shape index (κ1) is 35.8. The van der Waals surface area contributed by atoms with E-state index in [-0.39, 0.29) is 12.1 Å². The number of nitrogens with two attached hydrogens (primary N) is 1. The summed E-state index contributed by atoms with van der Waals surface area (Å²) in [7, 11) is 0. The van der Waals surface area contributed by atoms with Crippen molar-refractivity contribution in [1.29, 1.82) is 0 Å². The van der Waals surface area contributed by atoms with Crippen LogP contribution in [0.15, 0.2) is 45.4 Å². The molecule has 1 amide bonds. The third-order valence-electron chi connectivity index (χ3n) is 7.70. The lowest BCUT2D eigenvalue weighted by molar-refractivity contribution is -0.156. The predicted molar refractivity (Wildman–Crippen MR) is 177 cm³/mol. The molecule has 2 aromatic carbocycles. The van der Waals surface area contributed by atoms with Crippen LogP contribution in [-0.2, 0) is 9.53 Å². The van der Waals surface area contributed by atoms with E-state index in [0.717, 1.165) is 65.3 Å². The molecule has 2 saturated carbocycles. The molecule has 2 unspecified atom stereocenters. The van der Waals surface area contributed by atoms with Gasteiger partial charge in [-0.1, -0.05) is 48.4 Å². The van der Waals surface area contributed by atoms with Crippen LogP contribution < -0.4 is 20.5 Å². The van der Waals surface area contributed by atoms with E-state index in [1.807, 2.05) is 57.2 Å². The molecule has 0 spiro atoms. The highest BCUT2D eigenvalue weighted by Crippen LogP contribution is 2.41. The summed E-state index contributed by atoms with van der Waals surface area (Å²) in [5.41, 5.74) is 9.10. The van der Waals surface area contributed by atoms with Crippen LogP contribution in [0.4, 0.5) is 18.0 Å². The highest BCUT2D eigenvalue weighted by atomic mass is 19.4. The lowest BCUT2D eigenvalue weighted by Gasteiger charge is -2.21. The normalized spacial score (nSPS) is 18.8. The maximum absolute atomic E-state index is 12.0. The number of carbonyl (C=O) groups is 2. The second kappa shape index (κ2) is 15.5. The van der Waals surface area contributed by atoms with Gasteiger partial charge in [0.1, 0.15) is 30.3 Å². The van der Waals surface area contributed by atoms with Crippen molar-refractivity contribution >= 4 is 12.4 Å². The van der Waals surface area contributed by atoms with Crippen LogP contribution >= 0.6 is 0 Å². The van der Waals surface area contributed by atoms with Crippen LogP contribution in [0.3, 0.4) is 0 Å². The van der Waals surface area contributed by atoms with Gasteiger partial charge in [0, 0.05) is 35.5 Å². The summed E-state index contributed by atoms with van der Waals surface area (Å²) in [6.45, 7) is 8.70. The van der Waals surface area contributed by atoms with Crippen molar-refractivity contribution in [3.63, 3.8) is 0 Å². The van der Waals surface area contributed by atoms with E-state index in [9.17, 15) is 18.0 Å². The fourth-order valence-electron chi connectivity index (χ4n) is 4.99. The molecule has 13 nitrogen and oxygen atoms in total. The van der Waals surface area contributed by atoms with E-state index in [1.165, 1.54) is 0 Å². The van der Waals surface area contributed by atoms with Crippen LogP contribution in [0.5, 0.6) is 11.5 Å². The minimum absolute atomic E-state index is 0.0265. The van der Waals surface area contributed by atoms with Gasteiger partial charge in [-0.15, -0.1) is 0 Å². The number of aromatic nitrogens is 4. The Morgan fingerprint density at radius 2 is 1.37 bits per heavy atom. The summed E-state index contributed by atoms with van der Waals surface area (Å²) in [6, 6.07) is 11.3. The van der Waals surface area contributed by atoms with Gasteiger partial charge in [0.2, 0.25) is 29.7 Å². The minimum Gasteiger partial charge on any atom is -0.491 e. The zero-order chi connectivity index (χ0) is 37.6. The second-order valence-electron chi connectivity index (χ2n) is 13.1. The first-order valence-corrected chi connectivity index (χ1v) is 16.5. The van der Waals surface area contributed by atoms with Crippen LogP contribution in [0.2, 0.25) is 0 Å². The number of fused-ring (bicyclic) bond motifs is 2. The van der Waals surface area contributed by atoms with Crippen LogP contribution in [0.25, 0.3) is 22.8 Å². The molecule has 0 bridgehead atoms. The number of benzene rings is 2. The predicted octanol–water partition coefficient (Wildman–Crippen LogP) is 7.35. The number of amides is 1. The zero-order valence-electron chi connectivity index (χ0n) is 29.7. The number of hydrogen-bond acceptors (Lipinski definition) is 12. The molecule has 16 heteroatoms. The van der Waals surface area contributed by atoms with Crippen molar-refractivity contribution in [3.05, 3.63) is 59.3 Å². The lowest BCUT2D eigenvalue weighted by atomic mass is 10.1. The van der Waals surface area contributed by atoms with E-state index in [2.05, 4.69) is 25.6 Å². The van der Waals surface area contributed by atoms with Crippen LogP contribution in [0.1, 0.15) is 108 Å². The Labute approximate surface area is 293 Å². The number of alkyl halides is 3. The first-order chi connectivity index (χ1) is 24.7. The molecule has 4 heterocycles. The Hall–Kier alpha value is -4.99. The van der Waals surface area contributed by atoms with Crippen molar-refractivity contribution in [1.82, 2.24) is 25.6 Å². The summed E-state index contributed by atoms with van der Waals surface area (Å²) >= 11 is 0. The van der Waals surface area contributed by atoms with Crippen molar-refractivity contribution < 1.29 is 47.4 Å². The van der Waals surface area contributed by atoms with Gasteiger partial charge in [0.05, 0.1) is 12.1 Å². The molecule has 4 aromatic rings. The third kappa shape index (κ3) is 10.1. The summed E-state index contributed by atoms with van der Waals surface area (Å²) in [5, 5.41) is 10.9. The van der Waals surface area contributed by atoms with Gasteiger partial charge in [-0.2, -0.15) is 23.1 Å². The Bertz CT molecular complexity index is 1840. The number of ether oxygens (including phenoxy) is 3. The van der Waals surface area contributed by atoms with Gasteiger partial charge in [-0.25, -0.2) is 4.79 Å². The third-order valence-corrected chi connectivity index (χ3v) is 7.70. The summed E-state index contributed by atoms with van der Waals surface area (Å²) in [4.78, 5) is 29.5. The number of alkyl carbamates (subject to hydrolysis) is 1. The Morgan fingerprint density at radius 3 is 1.84 bits per heavy atom. The van der Waals surface area contributed by atoms with Crippen LogP contribution in [0, 0.1) is 0 Å². The Morgan fingerprint density at radius 1 is 0.902 bits per heavy atom. The summed E-state index contributed by atoms with van der Waals surface area (Å²) in [5.74, 6) is 5.11. The van der Waals surface area contributed by atoms with Crippen molar-refractivity contribution in [2.75, 3.05) is 13.2 Å². The second-order valence-corrected chi connectivity index (χ2v) is 13.1. The largest absolute Gasteiger partial charge is 0.491 e. The van der Waals surface area contributed by atoms with E-state index >= 15 is 0 Å². The first-order valence-electron chi connectivity index (χ1n) is 17.2. The molecule has 2 aliphatic heterocycles. The minimum atomic E-state index is -4.64. The maximum atomic E-state index is 12.0. The summed E-state index contributed by atoms with van der Waals surface area (Å²) < 4.78 is 64.6. The summed E-state index contributed by atoms with van der Waals surface area (Å²) in [6.07, 6.45) is -1.61. The van der Waals surface area contributed by atoms with Crippen molar-refractivity contribution in [2.24, 2.45) is 5.73 Å². The maximum Gasteiger partial charge on any atom is 0.446 e. The van der Waals surface area contributed by atoms with Gasteiger partial charge in [-0.05, 0) is 58.6 Å². The molecule has 8 rings (SSSR count). The van der Waals surface area contributed by atoms with E-state index in [4.69, 9.17) is 35.2 Å². The molecule has 51 heavy (non-hydrogen) atoms. The number of nitrogens with zero attached hydrogens (tertiary/aromatic N) is 4. The van der Waals surface area contributed by atoms with Gasteiger partial charge in [0.25, 0.3) is 0 Å². The van der Waals surface area contributed by atoms with Gasteiger partial charge in [0.15, 0.2) is 0 Å². The average molecular weight is 716 g/mol. The molecule has 2 atom stereocenters. The molecule has 0 radical (unpaired) electrons. The monoisotopic (exact) mass is 715 g/mol. The number of hydrogen-bond donors (Lipinski definition) is 2. The van der Waals surface area contributed by atoms with Gasteiger partial charge >= 0.3 is 12.3 Å². The topological polar surface area (TPSA) is 178 Å². The van der Waals surface area contributed by atoms with Gasteiger partial charge < -0.3 is 34.3 Å². The molecule has 2 aliphatic carbocycles. The molecule has 2 fully saturated rings. The average Bonchev–Trinajstić information content (AvgIpc) is 3.92. The molecular weight excluding hydrogens is 673 g/mol. The highest BCUT2D eigenvalue weighted by molar-refractivity contribution is 5.69. The quantitative estimate of drug-likeness (QED) is 0.197. The van der Waals surface area contributed by atoms with Gasteiger partial charge in [-0.3, -0.25) is 4.79 Å². The molecule has 274 valence electrons. The number of nitrogens with one attached hydrogen (secondary N) is 1. The standard InChI is InChI=1S/C18H21N3O4.C13H13N3O2.C2HF3O.C2H6/c1-18(2,3)24-17(22)19-13-9-23-14-8-11(6-7-12(13)14)15-20-16(25-21-15)10-4-5-10;14-10-6-17-11-5-8(3-4-9(10)11)12-15-13(18-16-12)7-1-2-7;3-2(4,5)1-6;1-2/h6-8,10,13H,4-5,9H2,1-3H3,(H,19,22);3-5,7,10H,1-2,6,14H2;1H;1-2H3/i;;;1D. The number of aldehydes is 1. The molecule has 4 aliphatic rings. The van der Waals surface area contributed by atoms with Crippen LogP contribution in [-0.4, -0.2) is 57.7 Å². The SMILES string of the molecule is CC(C)(C)OC(=O)NC1COc2cc(-c3noc(C4CC4)n3)ccc21.NC1COc2cc(-c3noc(C4CC4)n3)ccc21.O=CC(F)(F)F.[2H]CC. The number of halogens is 3. The van der Waals surface area contributed by atoms with Crippen molar-refractivity contribution in [2.45, 2.75) is 96.0 Å². The molecule has 0 saturated heterocycles. The highest BCUT2D eigenvalue weighted by Gasteiger charge is 2.32. The molecular formula is C35H41F3N6O7. The molecule has 2 aromatic heterocycles. The number of rotatable bonds is 5. The zero-order valence-corrected chi connectivity index (χ0v) is 28.7. The van der Waals surface area contributed by atoms with E-state index in [1.54, 1.807) is 6.92 Å². The Balaban J connectivity index is 0.000000168. The fraction of sp³-hybridized carbons (Fsp3) is 0.486. The number of carbonyl (C=O) groups excluding carboxylic acids is 2. The fourth-order valence-corrected chi connectivity index (χ4v) is 4.99. The van der Waals surface area contributed by atoms with E-state index < -0.39 is 24.2 Å². The smallest absolute Gasteiger partial charge is 0.446 e. The van der Waals surface area contributed by atoms with Crippen molar-refractivity contribution in [3.8, 4) is 34.3 Å². The molecule has 3 N–H and O–H groups in total. The van der Waals surface area contributed by atoms with E-state index in [0.29, 0.717) is 49.5 Å².